The molecule has 2 aromatic heterocycles. The Morgan fingerprint density at radius 3 is 2.20 bits per heavy atom. The lowest BCUT2D eigenvalue weighted by Gasteiger charge is -2.09. The van der Waals surface area contributed by atoms with E-state index in [0.717, 1.165) is 0 Å². The summed E-state index contributed by atoms with van der Waals surface area (Å²) in [4.78, 5) is 3.76. The fourth-order valence-electron chi connectivity index (χ4n) is 1.55. The van der Waals surface area contributed by atoms with Gasteiger partial charge in [-0.05, 0) is 12.1 Å². The molecule has 2 rings (SSSR count). The van der Waals surface area contributed by atoms with Gasteiger partial charge in [0.05, 0.1) is 12.2 Å². The van der Waals surface area contributed by atoms with Gasteiger partial charge in [-0.2, -0.15) is 31.4 Å². The first-order valence-corrected chi connectivity index (χ1v) is 5.30. The van der Waals surface area contributed by atoms with Gasteiger partial charge in [-0.3, -0.25) is 9.67 Å². The van der Waals surface area contributed by atoms with Gasteiger partial charge in [0.2, 0.25) is 0 Å². The molecule has 0 radical (unpaired) electrons. The molecule has 0 aliphatic heterocycles. The summed E-state index contributed by atoms with van der Waals surface area (Å²) >= 11 is 0. The van der Waals surface area contributed by atoms with Crippen molar-refractivity contribution in [3.8, 4) is 0 Å². The molecule has 0 spiro atoms. The van der Waals surface area contributed by atoms with Crippen molar-refractivity contribution in [2.45, 2.75) is 18.9 Å². The summed E-state index contributed by atoms with van der Waals surface area (Å²) in [7, 11) is 0. The highest BCUT2D eigenvalue weighted by Gasteiger charge is 2.41. The standard InChI is InChI=1S/C11H7F6N3/c12-10(13,14)8-5-9(11(15,16)17)20(19-8)6-7-3-1-2-4-18-7/h1-5H,6H2. The smallest absolute Gasteiger partial charge is 0.259 e. The lowest BCUT2D eigenvalue weighted by atomic mass is 10.3. The van der Waals surface area contributed by atoms with Gasteiger partial charge in [-0.15, -0.1) is 0 Å². The van der Waals surface area contributed by atoms with E-state index in [1.807, 2.05) is 0 Å². The second-order valence-electron chi connectivity index (χ2n) is 3.89. The molecule has 20 heavy (non-hydrogen) atoms. The molecule has 0 fully saturated rings. The zero-order valence-electron chi connectivity index (χ0n) is 9.70. The lowest BCUT2D eigenvalue weighted by molar-refractivity contribution is -0.144. The molecule has 9 heteroatoms. The van der Waals surface area contributed by atoms with E-state index >= 15 is 0 Å². The van der Waals surface area contributed by atoms with E-state index in [-0.39, 0.29) is 16.4 Å². The first-order chi connectivity index (χ1) is 9.18. The average molecular weight is 295 g/mol. The summed E-state index contributed by atoms with van der Waals surface area (Å²) in [5, 5.41) is 2.97. The molecular formula is C11H7F6N3. The molecule has 2 aromatic rings. The molecule has 0 aromatic carbocycles. The Bertz CT molecular complexity index is 584. The summed E-state index contributed by atoms with van der Waals surface area (Å²) in [6.07, 6.45) is -8.53. The first kappa shape index (κ1) is 14.4. The minimum Gasteiger partial charge on any atom is -0.259 e. The Balaban J connectivity index is 2.43. The maximum absolute atomic E-state index is 12.7. The van der Waals surface area contributed by atoms with Crippen LogP contribution >= 0.6 is 0 Å². The fraction of sp³-hybridized carbons (Fsp3) is 0.273. The van der Waals surface area contributed by atoms with Crippen molar-refractivity contribution < 1.29 is 26.3 Å². The number of nitrogens with zero attached hydrogens (tertiary/aromatic N) is 3. The van der Waals surface area contributed by atoms with Crippen molar-refractivity contribution in [3.05, 3.63) is 47.5 Å². The monoisotopic (exact) mass is 295 g/mol. The zero-order chi connectivity index (χ0) is 15.0. The summed E-state index contributed by atoms with van der Waals surface area (Å²) in [5.74, 6) is 0. The number of aromatic nitrogens is 3. The fourth-order valence-corrected chi connectivity index (χ4v) is 1.55. The summed E-state index contributed by atoms with van der Waals surface area (Å²) < 4.78 is 75.7. The highest BCUT2D eigenvalue weighted by molar-refractivity contribution is 5.17. The van der Waals surface area contributed by atoms with Crippen LogP contribution in [0.15, 0.2) is 30.5 Å². The van der Waals surface area contributed by atoms with E-state index in [1.54, 1.807) is 6.07 Å². The molecule has 108 valence electrons. The number of pyridine rings is 1. The molecule has 0 unspecified atom stereocenters. The number of rotatable bonds is 2. The predicted octanol–water partition coefficient (Wildman–Crippen LogP) is 3.36. The van der Waals surface area contributed by atoms with E-state index in [9.17, 15) is 26.3 Å². The normalized spacial score (nSPS) is 12.7. The van der Waals surface area contributed by atoms with Crippen LogP contribution in [0, 0.1) is 0 Å². The van der Waals surface area contributed by atoms with E-state index in [2.05, 4.69) is 10.1 Å². The van der Waals surface area contributed by atoms with Crippen LogP contribution in [0.1, 0.15) is 17.1 Å². The molecular weight excluding hydrogens is 288 g/mol. The van der Waals surface area contributed by atoms with E-state index in [4.69, 9.17) is 0 Å². The number of hydrogen-bond acceptors (Lipinski definition) is 2. The van der Waals surface area contributed by atoms with Crippen LogP contribution in [0.3, 0.4) is 0 Å². The quantitative estimate of drug-likeness (QED) is 0.795. The van der Waals surface area contributed by atoms with Gasteiger partial charge >= 0.3 is 12.4 Å². The van der Waals surface area contributed by atoms with Gasteiger partial charge in [-0.1, -0.05) is 6.07 Å². The second kappa shape index (κ2) is 4.80. The first-order valence-electron chi connectivity index (χ1n) is 5.30. The van der Waals surface area contributed by atoms with Crippen molar-refractivity contribution in [2.75, 3.05) is 0 Å². The number of alkyl halides is 6. The Morgan fingerprint density at radius 1 is 1.00 bits per heavy atom. The highest BCUT2D eigenvalue weighted by atomic mass is 19.4. The van der Waals surface area contributed by atoms with Gasteiger partial charge in [-0.25, -0.2) is 0 Å². The van der Waals surface area contributed by atoms with Crippen LogP contribution in [-0.2, 0) is 18.9 Å². The third-order valence-corrected chi connectivity index (χ3v) is 2.40. The molecule has 0 aliphatic carbocycles. The molecule has 3 nitrogen and oxygen atoms in total. The third-order valence-electron chi connectivity index (χ3n) is 2.40. The van der Waals surface area contributed by atoms with Gasteiger partial charge in [0, 0.05) is 12.3 Å². The third kappa shape index (κ3) is 3.09. The van der Waals surface area contributed by atoms with Crippen molar-refractivity contribution in [3.63, 3.8) is 0 Å². The van der Waals surface area contributed by atoms with E-state index in [0.29, 0.717) is 0 Å². The number of hydrogen-bond donors (Lipinski definition) is 0. The van der Waals surface area contributed by atoms with Crippen LogP contribution < -0.4 is 0 Å². The second-order valence-corrected chi connectivity index (χ2v) is 3.89. The van der Waals surface area contributed by atoms with Crippen molar-refractivity contribution in [1.29, 1.82) is 0 Å². The maximum atomic E-state index is 12.7. The van der Waals surface area contributed by atoms with Crippen molar-refractivity contribution in [2.24, 2.45) is 0 Å². The van der Waals surface area contributed by atoms with E-state index in [1.165, 1.54) is 18.3 Å². The molecule has 0 aliphatic rings. The highest BCUT2D eigenvalue weighted by Crippen LogP contribution is 2.35. The Labute approximate surface area is 108 Å². The van der Waals surface area contributed by atoms with Crippen LogP contribution in [0.25, 0.3) is 0 Å². The van der Waals surface area contributed by atoms with Gasteiger partial charge in [0.25, 0.3) is 0 Å². The molecule has 0 N–H and O–H groups in total. The Morgan fingerprint density at radius 2 is 1.70 bits per heavy atom. The minimum absolute atomic E-state index is 0.0110. The van der Waals surface area contributed by atoms with Crippen molar-refractivity contribution >= 4 is 0 Å². The summed E-state index contributed by atoms with van der Waals surface area (Å²) in [6.45, 7) is -0.494. The number of halogens is 6. The summed E-state index contributed by atoms with van der Waals surface area (Å²) in [6, 6.07) is 4.44. The molecule has 0 amide bonds. The minimum atomic E-state index is -4.94. The molecule has 0 atom stereocenters. The largest absolute Gasteiger partial charge is 0.435 e. The van der Waals surface area contributed by atoms with Crippen LogP contribution in [0.2, 0.25) is 0 Å². The molecule has 0 saturated carbocycles. The zero-order valence-corrected chi connectivity index (χ0v) is 9.70. The molecule has 0 saturated heterocycles. The summed E-state index contributed by atoms with van der Waals surface area (Å²) in [5.41, 5.74) is -2.87. The predicted molar refractivity (Wildman–Crippen MR) is 55.6 cm³/mol. The Hall–Kier alpha value is -2.06. The molecule has 2 heterocycles. The van der Waals surface area contributed by atoms with Crippen molar-refractivity contribution in [1.82, 2.24) is 14.8 Å². The average Bonchev–Trinajstić information content (AvgIpc) is 2.74. The van der Waals surface area contributed by atoms with Crippen LogP contribution in [-0.4, -0.2) is 14.8 Å². The maximum Gasteiger partial charge on any atom is 0.435 e. The van der Waals surface area contributed by atoms with E-state index < -0.39 is 30.3 Å². The van der Waals surface area contributed by atoms with Crippen LogP contribution in [0.5, 0.6) is 0 Å². The van der Waals surface area contributed by atoms with Gasteiger partial charge in [0.15, 0.2) is 5.69 Å². The van der Waals surface area contributed by atoms with Gasteiger partial charge < -0.3 is 0 Å². The Kier molecular flexibility index (Phi) is 3.45. The molecule has 0 bridgehead atoms. The lowest BCUT2D eigenvalue weighted by Crippen LogP contribution is -2.16. The topological polar surface area (TPSA) is 30.7 Å². The van der Waals surface area contributed by atoms with Gasteiger partial charge in [0.1, 0.15) is 5.69 Å². The van der Waals surface area contributed by atoms with Crippen LogP contribution in [0.4, 0.5) is 26.3 Å². The SMILES string of the molecule is FC(F)(F)c1cc(C(F)(F)F)n(Cc2ccccn2)n1.